The number of likely N-dealkylation sites (N-methyl/N-ethyl adjacent to an activating group) is 2. The number of aliphatic hydroxyl groups is 5. The molecule has 2 aromatic rings. The molecule has 418 valence electrons. The molecule has 0 amide bonds. The van der Waals surface area contributed by atoms with Gasteiger partial charge in [-0.15, -0.1) is 5.10 Å². The van der Waals surface area contributed by atoms with Gasteiger partial charge in [0.15, 0.2) is 16.1 Å². The monoisotopic (exact) mass is 1050 g/mol. The molecule has 0 saturated carbocycles. The molecule has 19 nitrogen and oxygen atoms in total. The minimum atomic E-state index is -3.36. The molecule has 1 aromatic heterocycles. The number of cyclic esters (lactones) is 1. The van der Waals surface area contributed by atoms with E-state index in [9.17, 15) is 38.7 Å². The van der Waals surface area contributed by atoms with E-state index in [4.69, 9.17) is 28.4 Å². The van der Waals surface area contributed by atoms with Crippen molar-refractivity contribution in [2.45, 2.75) is 222 Å². The fourth-order valence-corrected chi connectivity index (χ4v) is 12.7. The molecular weight excluding hydrogens is 963 g/mol. The zero-order valence-electron chi connectivity index (χ0n) is 46.3. The average molecular weight is 1050 g/mol. The molecule has 4 heterocycles. The summed E-state index contributed by atoms with van der Waals surface area (Å²) in [5, 5.41) is 68.3. The van der Waals surface area contributed by atoms with Gasteiger partial charge in [-0.2, -0.15) is 0 Å². The Kier molecular flexibility index (Phi) is 21.0. The Morgan fingerprint density at radius 2 is 1.63 bits per heavy atom. The Balaban J connectivity index is 1.36. The van der Waals surface area contributed by atoms with Crippen LogP contribution in [0, 0.1) is 23.7 Å². The van der Waals surface area contributed by atoms with Crippen LogP contribution in [0.25, 0.3) is 0 Å². The summed E-state index contributed by atoms with van der Waals surface area (Å²) in [6.45, 7) is 23.1. The normalized spacial score (nSPS) is 39.0. The first-order chi connectivity index (χ1) is 34.0. The van der Waals surface area contributed by atoms with E-state index in [2.05, 4.69) is 15.2 Å². The standard InChI is InChI=1S/C53H91N5O14S/c1-16-43-53(12,64)46(60)36(8)57(14)29-32(4)27-51(10,63)48(34(6)44(35(7)49(62)71-43)42-28-52(11,67-15)47(61)37(9)70-42)72-50-45(59)41(26-33(5)69-50)56(13)24-22-38-30-58(55-54-38)23-17-25-68-39-18-20-40(21-19-39)73(65,66)31(2)3/h18-21,30-37,41-48,50,59-61,63-64H,16-17,22-29H2,1-15H3/t32-,33-,34+,35-,36-,37+,41+,42?,43-,44+,45-,46-,47+,48-,50+,51-,52-,53-/m1/s1. The van der Waals surface area contributed by atoms with Crippen molar-refractivity contribution in [1.29, 1.82) is 0 Å². The smallest absolute Gasteiger partial charge is 0.309 e. The van der Waals surface area contributed by atoms with Gasteiger partial charge in [0.1, 0.15) is 35.8 Å². The molecule has 73 heavy (non-hydrogen) atoms. The van der Waals surface area contributed by atoms with Crippen molar-refractivity contribution in [3.63, 3.8) is 0 Å². The molecule has 3 aliphatic heterocycles. The third-order valence-corrected chi connectivity index (χ3v) is 18.5. The quantitative estimate of drug-likeness (QED) is 0.118. The Hall–Kier alpha value is -2.86. The molecule has 5 N–H and O–H groups in total. The summed E-state index contributed by atoms with van der Waals surface area (Å²) < 4.78 is 64.7. The van der Waals surface area contributed by atoms with Crippen molar-refractivity contribution in [2.75, 3.05) is 40.9 Å². The van der Waals surface area contributed by atoms with Crippen LogP contribution in [0.4, 0.5) is 0 Å². The van der Waals surface area contributed by atoms with Crippen LogP contribution < -0.4 is 4.74 Å². The maximum Gasteiger partial charge on any atom is 0.309 e. The number of nitrogens with zero attached hydrogens (tertiary/aromatic N) is 5. The number of ether oxygens (including phenoxy) is 6. The summed E-state index contributed by atoms with van der Waals surface area (Å²) in [4.78, 5) is 18.9. The zero-order chi connectivity index (χ0) is 54.5. The molecule has 5 rings (SSSR count). The van der Waals surface area contributed by atoms with Gasteiger partial charge in [0.05, 0.1) is 64.0 Å². The number of aromatic nitrogens is 3. The van der Waals surface area contributed by atoms with Gasteiger partial charge in [0.2, 0.25) is 0 Å². The molecule has 0 spiro atoms. The lowest BCUT2D eigenvalue weighted by molar-refractivity contribution is -0.302. The number of carbonyl (C=O) groups excluding carboxylic acids is 1. The summed E-state index contributed by atoms with van der Waals surface area (Å²) in [5.74, 6) is -2.60. The number of hydrogen-bond acceptors (Lipinski definition) is 18. The predicted octanol–water partition coefficient (Wildman–Crippen LogP) is 4.03. The third-order valence-electron chi connectivity index (χ3n) is 16.3. The Morgan fingerprint density at radius 1 is 0.973 bits per heavy atom. The highest BCUT2D eigenvalue weighted by molar-refractivity contribution is 7.92. The second-order valence-corrected chi connectivity index (χ2v) is 25.3. The highest BCUT2D eigenvalue weighted by Crippen LogP contribution is 2.45. The molecule has 1 aromatic carbocycles. The minimum absolute atomic E-state index is 0.180. The summed E-state index contributed by atoms with van der Waals surface area (Å²) in [5.41, 5.74) is -3.71. The number of benzene rings is 1. The van der Waals surface area contributed by atoms with E-state index >= 15 is 0 Å². The summed E-state index contributed by atoms with van der Waals surface area (Å²) in [6.07, 6.45) is -4.39. The van der Waals surface area contributed by atoms with E-state index in [1.54, 1.807) is 84.3 Å². The number of esters is 1. The number of hydrogen-bond donors (Lipinski definition) is 5. The predicted molar refractivity (Wildman–Crippen MR) is 274 cm³/mol. The minimum Gasteiger partial charge on any atom is -0.494 e. The van der Waals surface area contributed by atoms with Crippen LogP contribution >= 0.6 is 0 Å². The molecule has 3 saturated heterocycles. The van der Waals surface area contributed by atoms with Crippen molar-refractivity contribution in [3.05, 3.63) is 36.2 Å². The summed E-state index contributed by atoms with van der Waals surface area (Å²) in [6, 6.07) is 5.47. The second-order valence-electron chi connectivity index (χ2n) is 22.8. The molecule has 0 aliphatic carbocycles. The van der Waals surface area contributed by atoms with Crippen molar-refractivity contribution in [3.8, 4) is 5.75 Å². The Morgan fingerprint density at radius 3 is 2.25 bits per heavy atom. The van der Waals surface area contributed by atoms with E-state index in [0.29, 0.717) is 51.3 Å². The Labute approximate surface area is 435 Å². The first kappa shape index (κ1) is 61.0. The van der Waals surface area contributed by atoms with Crippen LogP contribution in [0.15, 0.2) is 35.4 Å². The zero-order valence-corrected chi connectivity index (χ0v) is 47.1. The van der Waals surface area contributed by atoms with E-state index in [1.165, 1.54) is 14.0 Å². The van der Waals surface area contributed by atoms with Gasteiger partial charge in [-0.3, -0.25) is 9.48 Å². The van der Waals surface area contributed by atoms with Crippen LogP contribution in [0.5, 0.6) is 5.75 Å². The topological polar surface area (TPSA) is 245 Å². The maximum absolute atomic E-state index is 14.6. The van der Waals surface area contributed by atoms with Gasteiger partial charge in [-0.05, 0) is 125 Å². The lowest BCUT2D eigenvalue weighted by Crippen LogP contribution is -2.62. The van der Waals surface area contributed by atoms with Crippen molar-refractivity contribution in [1.82, 2.24) is 24.8 Å². The first-order valence-electron chi connectivity index (χ1n) is 26.5. The SMILES string of the molecule is CC[C@H]1OC(=O)[C@H](C)[C@@H](C2C[C@@](C)(OC)[C@@H](O)[C@H](C)O2)[C@H](C)[C@@H](O[C@@H]2O[C@H](C)C[C@H](N(C)CCc3cn(CCCOc4ccc(S(=O)(=O)C(C)C)cc4)nn3)[C@H]2O)[C@](C)(O)C[C@@H](C)CN(C)[C@H](C)[C@@H](O)[C@]1(C)O. The number of methoxy groups -OCH3 is 1. The summed E-state index contributed by atoms with van der Waals surface area (Å²) in [7, 11) is 1.94. The maximum atomic E-state index is 14.6. The lowest BCUT2D eigenvalue weighted by Gasteiger charge is -2.51. The molecule has 0 radical (unpaired) electrons. The van der Waals surface area contributed by atoms with E-state index in [0.717, 1.165) is 5.69 Å². The van der Waals surface area contributed by atoms with Gasteiger partial charge < -0.3 is 63.8 Å². The van der Waals surface area contributed by atoms with Crippen LogP contribution in [-0.4, -0.2) is 195 Å². The highest BCUT2D eigenvalue weighted by Gasteiger charge is 2.55. The molecule has 3 aliphatic rings. The number of sulfone groups is 1. The molecule has 0 bridgehead atoms. The van der Waals surface area contributed by atoms with Crippen LogP contribution in [0.3, 0.4) is 0 Å². The van der Waals surface area contributed by atoms with Gasteiger partial charge in [0, 0.05) is 70.2 Å². The van der Waals surface area contributed by atoms with Crippen molar-refractivity contribution >= 4 is 15.8 Å². The van der Waals surface area contributed by atoms with Crippen molar-refractivity contribution in [2.24, 2.45) is 23.7 Å². The van der Waals surface area contributed by atoms with Crippen LogP contribution in [-0.2, 0) is 51.3 Å². The van der Waals surface area contributed by atoms with Crippen LogP contribution in [0.2, 0.25) is 0 Å². The van der Waals surface area contributed by atoms with Gasteiger partial charge >= 0.3 is 5.97 Å². The number of aryl methyl sites for hydroxylation is 1. The lowest BCUT2D eigenvalue weighted by atomic mass is 9.68. The second kappa shape index (κ2) is 25.1. The van der Waals surface area contributed by atoms with E-state index in [-0.39, 0.29) is 36.2 Å². The molecule has 18 atom stereocenters. The summed E-state index contributed by atoms with van der Waals surface area (Å²) >= 11 is 0. The van der Waals surface area contributed by atoms with Gasteiger partial charge in [-0.1, -0.05) is 32.9 Å². The first-order valence-corrected chi connectivity index (χ1v) is 28.0. The van der Waals surface area contributed by atoms with E-state index < -0.39 is 117 Å². The molecule has 1 unspecified atom stereocenters. The fraction of sp³-hybridized carbons (Fsp3) is 0.830. The van der Waals surface area contributed by atoms with Crippen LogP contribution in [0.1, 0.15) is 121 Å². The largest absolute Gasteiger partial charge is 0.494 e. The molecular formula is C53H91N5O14S. The van der Waals surface area contributed by atoms with Crippen molar-refractivity contribution < 1.29 is 67.2 Å². The highest BCUT2D eigenvalue weighted by atomic mass is 32.2. The molecule has 20 heteroatoms. The van der Waals surface area contributed by atoms with E-state index in [1.807, 2.05) is 46.0 Å². The average Bonchev–Trinajstić information content (AvgIpc) is 3.79. The number of carbonyl (C=O) groups is 1. The van der Waals surface area contributed by atoms with Gasteiger partial charge in [-0.25, -0.2) is 8.42 Å². The molecule has 3 fully saturated rings. The van der Waals surface area contributed by atoms with Gasteiger partial charge in [0.25, 0.3) is 0 Å². The third kappa shape index (κ3) is 14.4. The number of aliphatic hydroxyl groups excluding tert-OH is 3. The number of rotatable bonds is 16. The Bertz CT molecular complexity index is 2160. The fourth-order valence-electron chi connectivity index (χ4n) is 11.6.